The molecule has 2 N–H and O–H groups in total. The molecular weight excluding hydrogens is 599 g/mol. The minimum absolute atomic E-state index is 0.200. The van der Waals surface area contributed by atoms with E-state index in [1.54, 1.807) is 12.1 Å². The fourth-order valence-corrected chi connectivity index (χ4v) is 7.32. The molecule has 0 radical (unpaired) electrons. The first-order valence-corrected chi connectivity index (χ1v) is 15.2. The van der Waals surface area contributed by atoms with Crippen LogP contribution in [0.1, 0.15) is 59.8 Å². The van der Waals surface area contributed by atoms with Crippen molar-refractivity contribution in [1.82, 2.24) is 19.7 Å². The number of carbonyl (C=O) groups excluding carboxylic acids is 1. The van der Waals surface area contributed by atoms with Crippen molar-refractivity contribution in [3.8, 4) is 16.9 Å². The molecule has 0 saturated heterocycles. The average Bonchev–Trinajstić information content (AvgIpc) is 3.43. The van der Waals surface area contributed by atoms with Crippen molar-refractivity contribution in [2.24, 2.45) is 11.8 Å². The van der Waals surface area contributed by atoms with Crippen LogP contribution < -0.4 is 11.2 Å². The van der Waals surface area contributed by atoms with Gasteiger partial charge < -0.3 is 9.84 Å². The molecule has 0 spiro atoms. The third-order valence-corrected chi connectivity index (χ3v) is 9.63. The van der Waals surface area contributed by atoms with Crippen molar-refractivity contribution >= 4 is 40.5 Å². The summed E-state index contributed by atoms with van der Waals surface area (Å²) >= 11 is 14.7. The van der Waals surface area contributed by atoms with Crippen LogP contribution in [0, 0.1) is 11.8 Å². The van der Waals surface area contributed by atoms with E-state index in [1.807, 2.05) is 44.2 Å². The number of esters is 1. The molecule has 0 amide bonds. The lowest BCUT2D eigenvalue weighted by molar-refractivity contribution is 0.0385. The van der Waals surface area contributed by atoms with Gasteiger partial charge in [-0.25, -0.2) is 14.6 Å². The molecule has 9 nitrogen and oxygen atoms in total. The number of aliphatic hydroxyl groups excluding tert-OH is 1. The smallest absolute Gasteiger partial charge is 0.350 e. The number of nitrogens with one attached hydrogen (secondary N) is 1. The Morgan fingerprint density at radius 1 is 1.10 bits per heavy atom. The molecule has 0 atom stereocenters. The number of rotatable bonds is 8. The Kier molecular flexibility index (Phi) is 8.98. The number of carbonyl (C=O) groups is 1. The van der Waals surface area contributed by atoms with E-state index in [1.165, 1.54) is 11.3 Å². The van der Waals surface area contributed by atoms with Crippen molar-refractivity contribution in [3.63, 3.8) is 0 Å². The lowest BCUT2D eigenvalue weighted by atomic mass is 9.83. The molecule has 1 aliphatic carbocycles. The van der Waals surface area contributed by atoms with Crippen LogP contribution in [-0.4, -0.2) is 44.0 Å². The van der Waals surface area contributed by atoms with E-state index in [0.29, 0.717) is 33.7 Å². The maximum atomic E-state index is 13.5. The second-order valence-corrected chi connectivity index (χ2v) is 12.8. The van der Waals surface area contributed by atoms with Crippen molar-refractivity contribution in [2.45, 2.75) is 44.9 Å². The van der Waals surface area contributed by atoms with Crippen LogP contribution in [-0.2, 0) is 10.2 Å². The lowest BCUT2D eigenvalue weighted by Gasteiger charge is -2.26. The molecule has 1 aliphatic rings. The molecule has 2 aromatic carbocycles. The van der Waals surface area contributed by atoms with Gasteiger partial charge in [-0.05, 0) is 63.5 Å². The Hall–Kier alpha value is -3.31. The number of H-pyrrole nitrogens is 1. The SMILES string of the molecule is CC(C)(c1nc(-c2ccccc2)c(C(=O)OCC2CCC(CO)CC2)s1)c1c(Cl)cc(-n2ncc(=O)[nH]c2=O)cc1Cl. The standard InChI is InChI=1S/C30H30Cl2N4O5S/c1-30(2,24-21(31)12-20(13-22(24)32)36-29(40)34-23(38)14-33-36)28-35-25(19-6-4-3-5-7-19)26(42-28)27(39)41-16-18-10-8-17(15-37)9-11-18/h3-7,12-14,17-18,37H,8-11,15-16H2,1-2H3,(H,34,38,40). The van der Waals surface area contributed by atoms with E-state index in [9.17, 15) is 19.5 Å². The fraction of sp³-hybridized carbons (Fsp3) is 0.367. The zero-order valence-corrected chi connectivity index (χ0v) is 25.4. The van der Waals surface area contributed by atoms with E-state index in [0.717, 1.165) is 42.1 Å². The zero-order chi connectivity index (χ0) is 30.0. The van der Waals surface area contributed by atoms with Gasteiger partial charge in [-0.1, -0.05) is 53.5 Å². The maximum Gasteiger partial charge on any atom is 0.350 e. The average molecular weight is 630 g/mol. The molecule has 2 heterocycles. The molecule has 4 aromatic rings. The highest BCUT2D eigenvalue weighted by Gasteiger charge is 2.35. The van der Waals surface area contributed by atoms with Crippen molar-refractivity contribution < 1.29 is 14.6 Å². The minimum atomic E-state index is -0.842. The number of aromatic nitrogens is 4. The molecule has 1 fully saturated rings. The van der Waals surface area contributed by atoms with Gasteiger partial charge in [0.1, 0.15) is 16.1 Å². The quantitative estimate of drug-likeness (QED) is 0.242. The minimum Gasteiger partial charge on any atom is -0.461 e. The Morgan fingerprint density at radius 2 is 1.74 bits per heavy atom. The van der Waals surface area contributed by atoms with Crippen LogP contribution in [0.5, 0.6) is 0 Å². The number of aromatic amines is 1. The molecular formula is C30H30Cl2N4O5S. The first kappa shape index (κ1) is 30.2. The summed E-state index contributed by atoms with van der Waals surface area (Å²) in [5.41, 5.74) is -0.0434. The second-order valence-electron chi connectivity index (χ2n) is 11.0. The molecule has 0 unspecified atom stereocenters. The number of aliphatic hydroxyl groups is 1. The summed E-state index contributed by atoms with van der Waals surface area (Å²) < 4.78 is 6.81. The van der Waals surface area contributed by atoms with Gasteiger partial charge >= 0.3 is 11.7 Å². The first-order chi connectivity index (χ1) is 20.1. The van der Waals surface area contributed by atoms with E-state index < -0.39 is 22.6 Å². The largest absolute Gasteiger partial charge is 0.461 e. The van der Waals surface area contributed by atoms with Crippen molar-refractivity contribution in [1.29, 1.82) is 0 Å². The third kappa shape index (κ3) is 6.22. The Labute approximate surface area is 256 Å². The van der Waals surface area contributed by atoms with E-state index >= 15 is 0 Å². The number of halogens is 2. The summed E-state index contributed by atoms with van der Waals surface area (Å²) in [6, 6.07) is 12.5. The van der Waals surface area contributed by atoms with Gasteiger partial charge in [-0.15, -0.1) is 11.3 Å². The van der Waals surface area contributed by atoms with E-state index in [4.69, 9.17) is 32.9 Å². The molecule has 42 heavy (non-hydrogen) atoms. The van der Waals surface area contributed by atoms with Gasteiger partial charge in [0.25, 0.3) is 5.56 Å². The van der Waals surface area contributed by atoms with Gasteiger partial charge in [0.15, 0.2) is 0 Å². The molecule has 1 saturated carbocycles. The van der Waals surface area contributed by atoms with Crippen molar-refractivity contribution in [3.05, 3.63) is 95.0 Å². The normalized spacial score (nSPS) is 17.3. The number of thiazole rings is 1. The summed E-state index contributed by atoms with van der Waals surface area (Å²) in [4.78, 5) is 44.7. The number of hydrogen-bond acceptors (Lipinski definition) is 8. The third-order valence-electron chi connectivity index (χ3n) is 7.68. The fourth-order valence-electron chi connectivity index (χ4n) is 5.28. The number of ether oxygens (including phenoxy) is 1. The number of nitrogens with zero attached hydrogens (tertiary/aromatic N) is 3. The lowest BCUT2D eigenvalue weighted by Crippen LogP contribution is -2.30. The predicted octanol–water partition coefficient (Wildman–Crippen LogP) is 5.63. The predicted molar refractivity (Wildman–Crippen MR) is 163 cm³/mol. The first-order valence-electron chi connectivity index (χ1n) is 13.6. The Morgan fingerprint density at radius 3 is 2.36 bits per heavy atom. The highest BCUT2D eigenvalue weighted by atomic mass is 35.5. The van der Waals surface area contributed by atoms with Gasteiger partial charge in [0, 0.05) is 33.2 Å². The monoisotopic (exact) mass is 628 g/mol. The van der Waals surface area contributed by atoms with Gasteiger partial charge in [0.05, 0.1) is 18.0 Å². The molecule has 2 aromatic heterocycles. The maximum absolute atomic E-state index is 13.5. The van der Waals surface area contributed by atoms with Crippen LogP contribution in [0.15, 0.2) is 58.3 Å². The van der Waals surface area contributed by atoms with Crippen LogP contribution >= 0.6 is 34.5 Å². The topological polar surface area (TPSA) is 127 Å². The summed E-state index contributed by atoms with van der Waals surface area (Å²) in [6.45, 7) is 4.34. The molecule has 220 valence electrons. The summed E-state index contributed by atoms with van der Waals surface area (Å²) in [5.74, 6) is 0.157. The molecule has 12 heteroatoms. The summed E-state index contributed by atoms with van der Waals surface area (Å²) in [6.07, 6.45) is 4.68. The Balaban J connectivity index is 1.48. The van der Waals surface area contributed by atoms with Gasteiger partial charge in [-0.3, -0.25) is 9.78 Å². The summed E-state index contributed by atoms with van der Waals surface area (Å²) in [7, 11) is 0. The van der Waals surface area contributed by atoms with Crippen molar-refractivity contribution in [2.75, 3.05) is 13.2 Å². The molecule has 0 aliphatic heterocycles. The highest BCUT2D eigenvalue weighted by Crippen LogP contribution is 2.44. The number of benzene rings is 2. The zero-order valence-electron chi connectivity index (χ0n) is 23.1. The Bertz CT molecular complexity index is 1690. The van der Waals surface area contributed by atoms with Crippen LogP contribution in [0.25, 0.3) is 16.9 Å². The summed E-state index contributed by atoms with van der Waals surface area (Å²) in [5, 5.41) is 14.4. The van der Waals surface area contributed by atoms with E-state index in [2.05, 4.69) is 10.1 Å². The van der Waals surface area contributed by atoms with Crippen LogP contribution in [0.2, 0.25) is 10.0 Å². The van der Waals surface area contributed by atoms with Crippen LogP contribution in [0.4, 0.5) is 0 Å². The van der Waals surface area contributed by atoms with Crippen LogP contribution in [0.3, 0.4) is 0 Å². The second kappa shape index (κ2) is 12.5. The van der Waals surface area contributed by atoms with Gasteiger partial charge in [0.2, 0.25) is 0 Å². The molecule has 0 bridgehead atoms. The highest BCUT2D eigenvalue weighted by molar-refractivity contribution is 7.14. The number of hydrogen-bond donors (Lipinski definition) is 2. The van der Waals surface area contributed by atoms with E-state index in [-0.39, 0.29) is 28.3 Å². The van der Waals surface area contributed by atoms with Gasteiger partial charge in [-0.2, -0.15) is 9.78 Å². The molecule has 5 rings (SSSR count).